The summed E-state index contributed by atoms with van der Waals surface area (Å²) in [5.74, 6) is 2.54. The number of nitrogens with one attached hydrogen (secondary N) is 1. The van der Waals surface area contributed by atoms with Gasteiger partial charge in [0.15, 0.2) is 3.92 Å². The van der Waals surface area contributed by atoms with E-state index >= 15 is 0 Å². The Balaban J connectivity index is 2.59. The molecule has 0 aromatic carbocycles. The lowest BCUT2D eigenvalue weighted by molar-refractivity contribution is 0.992. The highest BCUT2D eigenvalue weighted by Gasteiger charge is 2.02. The van der Waals surface area contributed by atoms with Gasteiger partial charge in [-0.2, -0.15) is 0 Å². The molecule has 58 valence electrons. The molecular formula is C6H6BrN3S. The van der Waals surface area contributed by atoms with Crippen LogP contribution in [-0.2, 0) is 0 Å². The number of aromatic nitrogens is 2. The maximum Gasteiger partial charge on any atom is 0.207 e. The Morgan fingerprint density at radius 3 is 2.91 bits per heavy atom. The molecule has 5 heteroatoms. The number of hydrogen-bond acceptors (Lipinski definition) is 4. The largest absolute Gasteiger partial charge is 0.347 e. The fourth-order valence-electron chi connectivity index (χ4n) is 0.491. The van der Waals surface area contributed by atoms with Crippen LogP contribution in [0.15, 0.2) is 3.92 Å². The zero-order chi connectivity index (χ0) is 8.27. The zero-order valence-corrected chi connectivity index (χ0v) is 8.24. The highest BCUT2D eigenvalue weighted by Crippen LogP contribution is 2.20. The summed E-state index contributed by atoms with van der Waals surface area (Å²) >= 11 is 4.62. The van der Waals surface area contributed by atoms with E-state index in [0.29, 0.717) is 0 Å². The van der Waals surface area contributed by atoms with Crippen molar-refractivity contribution in [2.75, 3.05) is 5.32 Å². The quantitative estimate of drug-likeness (QED) is 0.789. The van der Waals surface area contributed by atoms with E-state index in [1.54, 1.807) is 0 Å². The number of nitrogens with zero attached hydrogens (tertiary/aromatic N) is 2. The van der Waals surface area contributed by atoms with Crippen molar-refractivity contribution in [3.05, 3.63) is 3.92 Å². The van der Waals surface area contributed by atoms with Crippen molar-refractivity contribution >= 4 is 32.4 Å². The van der Waals surface area contributed by atoms with Crippen molar-refractivity contribution in [2.24, 2.45) is 0 Å². The van der Waals surface area contributed by atoms with Crippen LogP contribution in [0.1, 0.15) is 6.92 Å². The van der Waals surface area contributed by atoms with Gasteiger partial charge in [-0.1, -0.05) is 17.3 Å². The van der Waals surface area contributed by atoms with Gasteiger partial charge >= 0.3 is 0 Å². The second kappa shape index (κ2) is 3.69. The third-order valence-corrected chi connectivity index (χ3v) is 2.28. The fourth-order valence-corrected chi connectivity index (χ4v) is 1.59. The first-order valence-electron chi connectivity index (χ1n) is 2.94. The van der Waals surface area contributed by atoms with E-state index < -0.39 is 0 Å². The van der Waals surface area contributed by atoms with E-state index in [4.69, 9.17) is 6.42 Å². The molecule has 0 spiro atoms. The molecule has 1 rings (SSSR count). The third-order valence-electron chi connectivity index (χ3n) is 0.990. The lowest BCUT2D eigenvalue weighted by Gasteiger charge is -2.02. The Kier molecular flexibility index (Phi) is 2.85. The molecule has 0 aliphatic rings. The summed E-state index contributed by atoms with van der Waals surface area (Å²) in [4.78, 5) is 0. The third kappa shape index (κ3) is 2.48. The SMILES string of the molecule is C#CC(C)Nc1nnc(Br)s1. The summed E-state index contributed by atoms with van der Waals surface area (Å²) in [7, 11) is 0. The lowest BCUT2D eigenvalue weighted by atomic mass is 10.4. The van der Waals surface area contributed by atoms with Gasteiger partial charge in [-0.05, 0) is 22.9 Å². The smallest absolute Gasteiger partial charge is 0.207 e. The molecule has 0 aliphatic heterocycles. The van der Waals surface area contributed by atoms with E-state index in [0.717, 1.165) is 9.05 Å². The van der Waals surface area contributed by atoms with Gasteiger partial charge in [0.05, 0.1) is 6.04 Å². The summed E-state index contributed by atoms with van der Waals surface area (Å²) in [6.07, 6.45) is 5.16. The van der Waals surface area contributed by atoms with Crippen LogP contribution in [-0.4, -0.2) is 16.2 Å². The number of hydrogen-bond donors (Lipinski definition) is 1. The van der Waals surface area contributed by atoms with Crippen molar-refractivity contribution in [3.8, 4) is 12.3 Å². The maximum atomic E-state index is 5.16. The molecule has 1 aromatic heterocycles. The van der Waals surface area contributed by atoms with Gasteiger partial charge in [-0.25, -0.2) is 0 Å². The van der Waals surface area contributed by atoms with E-state index in [-0.39, 0.29) is 6.04 Å². The second-order valence-corrected chi connectivity index (χ2v) is 4.15. The van der Waals surface area contributed by atoms with Crippen molar-refractivity contribution in [1.82, 2.24) is 10.2 Å². The molecule has 0 radical (unpaired) electrons. The number of rotatable bonds is 2. The van der Waals surface area contributed by atoms with Gasteiger partial charge in [0, 0.05) is 0 Å². The summed E-state index contributed by atoms with van der Waals surface area (Å²) in [6.45, 7) is 1.88. The molecule has 0 amide bonds. The van der Waals surface area contributed by atoms with Crippen molar-refractivity contribution in [3.63, 3.8) is 0 Å². The summed E-state index contributed by atoms with van der Waals surface area (Å²) in [5.41, 5.74) is 0. The first kappa shape index (κ1) is 8.50. The predicted molar refractivity (Wildman–Crippen MR) is 49.5 cm³/mol. The normalized spacial score (nSPS) is 12.1. The topological polar surface area (TPSA) is 37.8 Å². The van der Waals surface area contributed by atoms with Crippen molar-refractivity contribution in [2.45, 2.75) is 13.0 Å². The minimum absolute atomic E-state index is 0.00477. The summed E-state index contributed by atoms with van der Waals surface area (Å²) < 4.78 is 0.754. The maximum absolute atomic E-state index is 5.16. The first-order chi connectivity index (χ1) is 5.22. The fraction of sp³-hybridized carbons (Fsp3) is 0.333. The molecule has 3 nitrogen and oxygen atoms in total. The number of terminal acetylenes is 1. The van der Waals surface area contributed by atoms with E-state index in [1.807, 2.05) is 6.92 Å². The van der Waals surface area contributed by atoms with Crippen LogP contribution < -0.4 is 5.32 Å². The average Bonchev–Trinajstić information content (AvgIpc) is 2.35. The highest BCUT2D eigenvalue weighted by atomic mass is 79.9. The Bertz CT molecular complexity index is 278. The molecule has 0 aliphatic carbocycles. The van der Waals surface area contributed by atoms with Gasteiger partial charge in [-0.15, -0.1) is 16.6 Å². The summed E-state index contributed by atoms with van der Waals surface area (Å²) in [5, 5.41) is 11.3. The van der Waals surface area contributed by atoms with Crippen LogP contribution in [0.4, 0.5) is 5.13 Å². The Hall–Kier alpha value is -0.600. The van der Waals surface area contributed by atoms with E-state index in [1.165, 1.54) is 11.3 Å². The van der Waals surface area contributed by atoms with Crippen LogP contribution in [0.25, 0.3) is 0 Å². The van der Waals surface area contributed by atoms with Gasteiger partial charge in [-0.3, -0.25) is 0 Å². The Morgan fingerprint density at radius 1 is 1.73 bits per heavy atom. The average molecular weight is 232 g/mol. The molecule has 1 aromatic rings. The molecule has 0 saturated heterocycles. The lowest BCUT2D eigenvalue weighted by Crippen LogP contribution is -2.11. The predicted octanol–water partition coefficient (Wildman–Crippen LogP) is 1.73. The van der Waals surface area contributed by atoms with Crippen LogP contribution >= 0.6 is 27.3 Å². The van der Waals surface area contributed by atoms with Gasteiger partial charge in [0.2, 0.25) is 5.13 Å². The van der Waals surface area contributed by atoms with Crippen LogP contribution in [0.5, 0.6) is 0 Å². The minimum atomic E-state index is -0.00477. The van der Waals surface area contributed by atoms with E-state index in [2.05, 4.69) is 37.4 Å². The molecule has 0 bridgehead atoms. The molecule has 1 N–H and O–H groups in total. The van der Waals surface area contributed by atoms with Crippen LogP contribution in [0.2, 0.25) is 0 Å². The number of halogens is 1. The second-order valence-electron chi connectivity index (χ2n) is 1.89. The van der Waals surface area contributed by atoms with Crippen molar-refractivity contribution in [1.29, 1.82) is 0 Å². The molecule has 1 atom stereocenters. The van der Waals surface area contributed by atoms with Crippen molar-refractivity contribution < 1.29 is 0 Å². The van der Waals surface area contributed by atoms with Gasteiger partial charge in [0.1, 0.15) is 0 Å². The van der Waals surface area contributed by atoms with E-state index in [9.17, 15) is 0 Å². The monoisotopic (exact) mass is 231 g/mol. The Labute approximate surface area is 77.4 Å². The molecular weight excluding hydrogens is 226 g/mol. The van der Waals surface area contributed by atoms with Gasteiger partial charge in [0.25, 0.3) is 0 Å². The zero-order valence-electron chi connectivity index (χ0n) is 5.84. The molecule has 0 saturated carbocycles. The summed E-state index contributed by atoms with van der Waals surface area (Å²) in [6, 6.07) is -0.00477. The minimum Gasteiger partial charge on any atom is -0.347 e. The molecule has 1 heterocycles. The molecule has 0 fully saturated rings. The number of anilines is 1. The highest BCUT2D eigenvalue weighted by molar-refractivity contribution is 9.11. The van der Waals surface area contributed by atoms with Crippen LogP contribution in [0, 0.1) is 12.3 Å². The van der Waals surface area contributed by atoms with Crippen LogP contribution in [0.3, 0.4) is 0 Å². The van der Waals surface area contributed by atoms with Gasteiger partial charge < -0.3 is 5.32 Å². The first-order valence-corrected chi connectivity index (χ1v) is 4.55. The standard InChI is InChI=1S/C6H6BrN3S/c1-3-4(2)8-6-10-9-5(7)11-6/h1,4H,2H3,(H,8,10). The molecule has 11 heavy (non-hydrogen) atoms. The molecule has 1 unspecified atom stereocenters. The Morgan fingerprint density at radius 2 is 2.45 bits per heavy atom.